The van der Waals surface area contributed by atoms with Crippen LogP contribution in [0, 0.1) is 0 Å². The lowest BCUT2D eigenvalue weighted by Gasteiger charge is -2.14. The van der Waals surface area contributed by atoms with Gasteiger partial charge in [-0.05, 0) is 6.42 Å². The highest BCUT2D eigenvalue weighted by atomic mass is 35.5. The van der Waals surface area contributed by atoms with Crippen molar-refractivity contribution < 1.29 is 10.2 Å². The minimum Gasteiger partial charge on any atom is -0.390 e. The SMILES string of the molecule is CCCCCCCCCCCCCCCC(O)C(O)CCl. The Labute approximate surface area is 137 Å². The molecule has 0 aromatic heterocycles. The number of rotatable bonds is 16. The van der Waals surface area contributed by atoms with Crippen LogP contribution in [0.2, 0.25) is 0 Å². The third-order valence-corrected chi connectivity index (χ3v) is 4.52. The van der Waals surface area contributed by atoms with E-state index in [2.05, 4.69) is 6.92 Å². The molecule has 0 amide bonds. The molecule has 0 spiro atoms. The molecule has 0 aliphatic heterocycles. The van der Waals surface area contributed by atoms with Gasteiger partial charge in [-0.2, -0.15) is 0 Å². The molecule has 0 rings (SSSR count). The van der Waals surface area contributed by atoms with Crippen LogP contribution in [-0.2, 0) is 0 Å². The van der Waals surface area contributed by atoms with Crippen LogP contribution in [0.1, 0.15) is 96.8 Å². The van der Waals surface area contributed by atoms with Crippen molar-refractivity contribution in [1.82, 2.24) is 0 Å². The van der Waals surface area contributed by atoms with Crippen LogP contribution in [0.5, 0.6) is 0 Å². The van der Waals surface area contributed by atoms with Crippen LogP contribution in [0.3, 0.4) is 0 Å². The quantitative estimate of drug-likeness (QED) is 0.294. The maximum atomic E-state index is 9.56. The third-order valence-electron chi connectivity index (χ3n) is 4.21. The summed E-state index contributed by atoms with van der Waals surface area (Å²) in [5.41, 5.74) is 0. The lowest BCUT2D eigenvalue weighted by Crippen LogP contribution is -2.27. The van der Waals surface area contributed by atoms with E-state index in [1.165, 1.54) is 70.6 Å². The van der Waals surface area contributed by atoms with Crippen LogP contribution in [-0.4, -0.2) is 28.3 Å². The fourth-order valence-electron chi connectivity index (χ4n) is 2.67. The van der Waals surface area contributed by atoms with Crippen molar-refractivity contribution in [1.29, 1.82) is 0 Å². The molecular formula is C18H37ClO2. The third kappa shape index (κ3) is 14.9. The van der Waals surface area contributed by atoms with Crippen molar-refractivity contribution in [3.05, 3.63) is 0 Å². The summed E-state index contributed by atoms with van der Waals surface area (Å²) < 4.78 is 0. The summed E-state index contributed by atoms with van der Waals surface area (Å²) in [6, 6.07) is 0. The van der Waals surface area contributed by atoms with E-state index in [0.717, 1.165) is 12.8 Å². The summed E-state index contributed by atoms with van der Waals surface area (Å²) in [7, 11) is 0. The van der Waals surface area contributed by atoms with Crippen molar-refractivity contribution in [3.63, 3.8) is 0 Å². The molecule has 2 atom stereocenters. The average molecular weight is 321 g/mol. The van der Waals surface area contributed by atoms with Gasteiger partial charge in [0.2, 0.25) is 0 Å². The van der Waals surface area contributed by atoms with Crippen molar-refractivity contribution in [2.75, 3.05) is 5.88 Å². The van der Waals surface area contributed by atoms with Crippen LogP contribution in [0.4, 0.5) is 0 Å². The average Bonchev–Trinajstić information content (AvgIpc) is 2.50. The Morgan fingerprint density at radius 1 is 0.619 bits per heavy atom. The van der Waals surface area contributed by atoms with Gasteiger partial charge in [0.15, 0.2) is 0 Å². The highest BCUT2D eigenvalue weighted by Gasteiger charge is 2.13. The van der Waals surface area contributed by atoms with Crippen LogP contribution >= 0.6 is 11.6 Å². The fraction of sp³-hybridized carbons (Fsp3) is 1.00. The number of hydrogen-bond acceptors (Lipinski definition) is 2. The van der Waals surface area contributed by atoms with Crippen LogP contribution < -0.4 is 0 Å². The van der Waals surface area contributed by atoms with Gasteiger partial charge in [0.05, 0.1) is 18.1 Å². The van der Waals surface area contributed by atoms with Gasteiger partial charge in [0, 0.05) is 0 Å². The zero-order valence-corrected chi connectivity index (χ0v) is 14.8. The van der Waals surface area contributed by atoms with Gasteiger partial charge in [-0.3, -0.25) is 0 Å². The van der Waals surface area contributed by atoms with E-state index < -0.39 is 12.2 Å². The summed E-state index contributed by atoms with van der Waals surface area (Å²) in [5, 5.41) is 18.9. The molecule has 0 aliphatic carbocycles. The molecule has 0 fully saturated rings. The zero-order valence-electron chi connectivity index (χ0n) is 14.0. The van der Waals surface area contributed by atoms with E-state index in [1.54, 1.807) is 0 Å². The molecule has 0 heterocycles. The first-order valence-electron chi connectivity index (χ1n) is 9.14. The predicted octanol–water partition coefficient (Wildman–Crippen LogP) is 5.43. The molecule has 0 aliphatic rings. The molecule has 2 unspecified atom stereocenters. The molecule has 0 saturated carbocycles. The normalized spacial score (nSPS) is 14.3. The van der Waals surface area contributed by atoms with E-state index in [1.807, 2.05) is 0 Å². The van der Waals surface area contributed by atoms with Gasteiger partial charge < -0.3 is 10.2 Å². The van der Waals surface area contributed by atoms with Gasteiger partial charge >= 0.3 is 0 Å². The molecular weight excluding hydrogens is 284 g/mol. The van der Waals surface area contributed by atoms with E-state index in [4.69, 9.17) is 11.6 Å². The molecule has 0 aromatic carbocycles. The van der Waals surface area contributed by atoms with E-state index in [-0.39, 0.29) is 5.88 Å². The van der Waals surface area contributed by atoms with Gasteiger partial charge in [-0.1, -0.05) is 90.4 Å². The van der Waals surface area contributed by atoms with Gasteiger partial charge in [0.1, 0.15) is 0 Å². The Morgan fingerprint density at radius 3 is 1.38 bits per heavy atom. The first-order chi connectivity index (χ1) is 10.2. The Bertz CT molecular complexity index is 200. The van der Waals surface area contributed by atoms with Gasteiger partial charge in [-0.25, -0.2) is 0 Å². The van der Waals surface area contributed by atoms with E-state index in [0.29, 0.717) is 6.42 Å². The minimum atomic E-state index is -0.760. The molecule has 2 N–H and O–H groups in total. The maximum absolute atomic E-state index is 9.56. The van der Waals surface area contributed by atoms with Crippen LogP contribution in [0.15, 0.2) is 0 Å². The Hall–Kier alpha value is 0.210. The first kappa shape index (κ1) is 21.2. The fourth-order valence-corrected chi connectivity index (χ4v) is 2.87. The number of aliphatic hydroxyl groups excluding tert-OH is 2. The molecule has 0 aromatic rings. The van der Waals surface area contributed by atoms with Crippen LogP contribution in [0.25, 0.3) is 0 Å². The molecule has 21 heavy (non-hydrogen) atoms. The second kappa shape index (κ2) is 16.6. The lowest BCUT2D eigenvalue weighted by atomic mass is 10.0. The predicted molar refractivity (Wildman–Crippen MR) is 93.0 cm³/mol. The second-order valence-corrected chi connectivity index (χ2v) is 6.63. The number of alkyl halides is 1. The topological polar surface area (TPSA) is 40.5 Å². The maximum Gasteiger partial charge on any atom is 0.0933 e. The summed E-state index contributed by atoms with van der Waals surface area (Å²) in [4.78, 5) is 0. The standard InChI is InChI=1S/C18H37ClO2/c1-2-3-4-5-6-7-8-9-10-11-12-13-14-15-17(20)18(21)16-19/h17-18,20-21H,2-16H2,1H3. The zero-order chi connectivity index (χ0) is 15.8. The largest absolute Gasteiger partial charge is 0.390 e. The van der Waals surface area contributed by atoms with Crippen molar-refractivity contribution in [3.8, 4) is 0 Å². The summed E-state index contributed by atoms with van der Waals surface area (Å²) in [5.74, 6) is 0.125. The summed E-state index contributed by atoms with van der Waals surface area (Å²) in [6.07, 6.45) is 16.5. The highest BCUT2D eigenvalue weighted by molar-refractivity contribution is 6.18. The molecule has 0 bridgehead atoms. The minimum absolute atomic E-state index is 0.125. The van der Waals surface area contributed by atoms with E-state index in [9.17, 15) is 10.2 Å². The van der Waals surface area contributed by atoms with Crippen molar-refractivity contribution in [2.24, 2.45) is 0 Å². The van der Waals surface area contributed by atoms with Gasteiger partial charge in [-0.15, -0.1) is 11.6 Å². The molecule has 3 heteroatoms. The van der Waals surface area contributed by atoms with Gasteiger partial charge in [0.25, 0.3) is 0 Å². The first-order valence-corrected chi connectivity index (χ1v) is 9.68. The smallest absolute Gasteiger partial charge is 0.0933 e. The molecule has 128 valence electrons. The second-order valence-electron chi connectivity index (χ2n) is 6.32. The van der Waals surface area contributed by atoms with E-state index >= 15 is 0 Å². The van der Waals surface area contributed by atoms with Crippen molar-refractivity contribution >= 4 is 11.6 Å². The number of unbranched alkanes of at least 4 members (excludes halogenated alkanes) is 12. The van der Waals surface area contributed by atoms with Crippen molar-refractivity contribution in [2.45, 2.75) is 109 Å². The lowest BCUT2D eigenvalue weighted by molar-refractivity contribution is 0.0267. The Balaban J connectivity index is 3.09. The highest BCUT2D eigenvalue weighted by Crippen LogP contribution is 2.14. The monoisotopic (exact) mass is 320 g/mol. The number of aliphatic hydroxyl groups is 2. The summed E-state index contributed by atoms with van der Waals surface area (Å²) >= 11 is 5.50. The Kier molecular flexibility index (Phi) is 16.7. The number of halogens is 1. The molecule has 0 radical (unpaired) electrons. The molecule has 0 saturated heterocycles. The Morgan fingerprint density at radius 2 is 1.00 bits per heavy atom. The summed E-state index contributed by atoms with van der Waals surface area (Å²) in [6.45, 7) is 2.26. The number of hydrogen-bond donors (Lipinski definition) is 2. The molecule has 2 nitrogen and oxygen atoms in total.